The van der Waals surface area contributed by atoms with Crippen molar-refractivity contribution >= 4 is 23.1 Å². The van der Waals surface area contributed by atoms with E-state index in [0.29, 0.717) is 6.42 Å². The number of hydrogen-bond donors (Lipinski definition) is 3. The number of aliphatic hydroxyl groups excluding tert-OH is 1. The number of fused-ring (bicyclic) bond motifs is 2. The summed E-state index contributed by atoms with van der Waals surface area (Å²) in [7, 11) is 0. The monoisotopic (exact) mass is 670 g/mol. The molecule has 0 amide bonds. The fourth-order valence-electron chi connectivity index (χ4n) is 7.53. The third kappa shape index (κ3) is 8.11. The third-order valence-electron chi connectivity index (χ3n) is 10.8. The van der Waals surface area contributed by atoms with E-state index >= 15 is 9.59 Å². The van der Waals surface area contributed by atoms with E-state index in [1.807, 2.05) is 53.7 Å². The van der Waals surface area contributed by atoms with Crippen LogP contribution in [-0.4, -0.2) is 32.7 Å². The molecule has 6 heteroatoms. The summed E-state index contributed by atoms with van der Waals surface area (Å²) in [5.41, 5.74) is 1.22. The van der Waals surface area contributed by atoms with Gasteiger partial charge in [-0.2, -0.15) is 0 Å². The molecule has 0 saturated heterocycles. The predicted molar refractivity (Wildman–Crippen MR) is 199 cm³/mol. The molecule has 1 aromatic rings. The highest BCUT2D eigenvalue weighted by Gasteiger charge is 2.73. The lowest BCUT2D eigenvalue weighted by molar-refractivity contribution is -0.176. The van der Waals surface area contributed by atoms with E-state index in [-0.39, 0.29) is 36.5 Å². The van der Waals surface area contributed by atoms with Crippen molar-refractivity contribution in [3.8, 4) is 11.5 Å². The average molecular weight is 671 g/mol. The zero-order valence-electron chi connectivity index (χ0n) is 31.4. The molecule has 0 spiro atoms. The van der Waals surface area contributed by atoms with Crippen LogP contribution in [0.25, 0.3) is 5.76 Å². The van der Waals surface area contributed by atoms with Gasteiger partial charge in [0.05, 0.1) is 5.41 Å². The molecule has 0 aromatic heterocycles. The maximum atomic E-state index is 15.3. The number of aromatic hydroxyl groups is 2. The normalized spacial score (nSPS) is 24.8. The van der Waals surface area contributed by atoms with Crippen LogP contribution in [0.15, 0.2) is 82.0 Å². The predicted octanol–water partition coefficient (Wildman–Crippen LogP) is 10.6. The van der Waals surface area contributed by atoms with Gasteiger partial charge in [-0.1, -0.05) is 72.1 Å². The van der Waals surface area contributed by atoms with E-state index in [9.17, 15) is 20.1 Å². The zero-order chi connectivity index (χ0) is 36.9. The van der Waals surface area contributed by atoms with Gasteiger partial charge in [-0.05, 0) is 136 Å². The Morgan fingerprint density at radius 2 is 1.27 bits per heavy atom. The van der Waals surface area contributed by atoms with Gasteiger partial charge in [-0.3, -0.25) is 14.4 Å². The van der Waals surface area contributed by atoms with Gasteiger partial charge >= 0.3 is 0 Å². The summed E-state index contributed by atoms with van der Waals surface area (Å²) in [5.74, 6) is -3.35. The second-order valence-electron chi connectivity index (χ2n) is 15.7. The molecule has 49 heavy (non-hydrogen) atoms. The summed E-state index contributed by atoms with van der Waals surface area (Å²) in [6.07, 6.45) is 14.7. The summed E-state index contributed by atoms with van der Waals surface area (Å²) >= 11 is 0. The van der Waals surface area contributed by atoms with E-state index in [4.69, 9.17) is 0 Å². The van der Waals surface area contributed by atoms with Crippen molar-refractivity contribution in [3.63, 3.8) is 0 Å². The van der Waals surface area contributed by atoms with Crippen molar-refractivity contribution in [3.05, 3.63) is 87.6 Å². The smallest absolute Gasteiger partial charge is 0.184 e. The number of ketones is 3. The second kappa shape index (κ2) is 15.7. The van der Waals surface area contributed by atoms with Gasteiger partial charge in [-0.15, -0.1) is 0 Å². The van der Waals surface area contributed by atoms with E-state index in [1.165, 1.54) is 23.3 Å². The average Bonchev–Trinajstić information content (AvgIpc) is 3.00. The van der Waals surface area contributed by atoms with Crippen molar-refractivity contribution in [1.82, 2.24) is 0 Å². The number of hydrogen-bond acceptors (Lipinski definition) is 6. The molecule has 0 radical (unpaired) electrons. The summed E-state index contributed by atoms with van der Waals surface area (Å²) in [5, 5.41) is 32.0. The van der Waals surface area contributed by atoms with Crippen molar-refractivity contribution in [2.75, 3.05) is 0 Å². The summed E-state index contributed by atoms with van der Waals surface area (Å²) < 4.78 is 0. The Balaban J connectivity index is 2.36. The first-order valence-electron chi connectivity index (χ1n) is 17.6. The molecule has 2 saturated carbocycles. The number of benzene rings is 1. The maximum Gasteiger partial charge on any atom is 0.184 e. The number of phenols is 2. The SMILES string of the molecule is CC(C)=CCCC(C)=CC[C@]12C[C@@H](CC=C(C)C)C(C)(C)[C@](CC=C(C)CCC=C(C)C)(C(=O)C(=C(O)c3ccc(O)c(O)c3)C1=O)C2=O. The molecular weight excluding hydrogens is 612 g/mol. The lowest BCUT2D eigenvalue weighted by Gasteiger charge is -2.60. The van der Waals surface area contributed by atoms with Gasteiger partial charge < -0.3 is 15.3 Å². The van der Waals surface area contributed by atoms with Gasteiger partial charge in [-0.25, -0.2) is 0 Å². The number of allylic oxidation sites excluding steroid dienone is 11. The first-order valence-corrected chi connectivity index (χ1v) is 17.6. The highest BCUT2D eigenvalue weighted by atomic mass is 16.3. The fourth-order valence-corrected chi connectivity index (χ4v) is 7.53. The topological polar surface area (TPSA) is 112 Å². The minimum atomic E-state index is -1.62. The first kappa shape index (κ1) is 39.5. The van der Waals surface area contributed by atoms with Crippen LogP contribution in [0, 0.1) is 22.2 Å². The van der Waals surface area contributed by atoms with Crippen LogP contribution in [0.5, 0.6) is 11.5 Å². The number of rotatable bonds is 13. The Labute approximate surface area is 294 Å². The van der Waals surface area contributed by atoms with Gasteiger partial charge in [0.15, 0.2) is 28.8 Å². The molecule has 266 valence electrons. The molecule has 0 heterocycles. The Morgan fingerprint density at radius 1 is 0.735 bits per heavy atom. The van der Waals surface area contributed by atoms with Crippen LogP contribution < -0.4 is 0 Å². The summed E-state index contributed by atoms with van der Waals surface area (Å²) in [6, 6.07) is 3.69. The minimum Gasteiger partial charge on any atom is -0.506 e. The van der Waals surface area contributed by atoms with Crippen LogP contribution in [0.2, 0.25) is 0 Å². The van der Waals surface area contributed by atoms with Gasteiger partial charge in [0, 0.05) is 5.56 Å². The maximum absolute atomic E-state index is 15.3. The molecule has 0 aliphatic heterocycles. The molecule has 3 atom stereocenters. The van der Waals surface area contributed by atoms with E-state index in [2.05, 4.69) is 45.9 Å². The van der Waals surface area contributed by atoms with Crippen molar-refractivity contribution in [2.24, 2.45) is 22.2 Å². The lowest BCUT2D eigenvalue weighted by atomic mass is 9.38. The Hall–Kier alpha value is -3.93. The Bertz CT molecular complexity index is 1650. The fraction of sp³-hybridized carbons (Fsp3) is 0.512. The number of carbonyl (C=O) groups excluding carboxylic acids is 3. The van der Waals surface area contributed by atoms with Gasteiger partial charge in [0.25, 0.3) is 0 Å². The molecule has 2 aliphatic carbocycles. The zero-order valence-corrected chi connectivity index (χ0v) is 31.4. The molecule has 3 N–H and O–H groups in total. The van der Waals surface area contributed by atoms with Crippen molar-refractivity contribution < 1.29 is 29.7 Å². The van der Waals surface area contributed by atoms with Gasteiger partial charge in [0.2, 0.25) is 0 Å². The van der Waals surface area contributed by atoms with Crippen LogP contribution >= 0.6 is 0 Å². The molecule has 6 nitrogen and oxygen atoms in total. The van der Waals surface area contributed by atoms with Gasteiger partial charge in [0.1, 0.15) is 16.7 Å². The highest BCUT2D eigenvalue weighted by Crippen LogP contribution is 2.65. The van der Waals surface area contributed by atoms with E-state index in [0.717, 1.165) is 48.5 Å². The number of carbonyl (C=O) groups is 3. The third-order valence-corrected chi connectivity index (χ3v) is 10.8. The number of phenolic OH excluding ortho intramolecular Hbond substituents is 2. The Morgan fingerprint density at radius 3 is 1.78 bits per heavy atom. The minimum absolute atomic E-state index is 0.0190. The number of aliphatic hydroxyl groups is 1. The molecule has 2 bridgehead atoms. The lowest BCUT2D eigenvalue weighted by Crippen LogP contribution is -2.69. The molecule has 2 fully saturated rings. The van der Waals surface area contributed by atoms with Crippen LogP contribution in [0.3, 0.4) is 0 Å². The molecule has 2 aliphatic rings. The molecule has 1 aromatic carbocycles. The van der Waals surface area contributed by atoms with Crippen LogP contribution in [-0.2, 0) is 14.4 Å². The van der Waals surface area contributed by atoms with E-state index in [1.54, 1.807) is 0 Å². The first-order chi connectivity index (χ1) is 22.8. The van der Waals surface area contributed by atoms with Crippen LogP contribution in [0.1, 0.15) is 126 Å². The standard InChI is InChI=1S/C43H58O6/c1-27(2)13-11-15-30(7)21-23-42-26-33(19-17-29(5)6)41(9,10)43(40(42)49,24-22-31(8)16-12-14-28(3)4)39(48)36(38(42)47)37(46)32-18-20-34(44)35(45)25-32/h13-14,17-18,20-22,25,33,44-46H,11-12,15-16,19,23-24,26H2,1-10H3/t33-,42+,43-/m1/s1. The Kier molecular flexibility index (Phi) is 12.7. The molecule has 0 unspecified atom stereocenters. The summed E-state index contributed by atoms with van der Waals surface area (Å²) in [6.45, 7) is 20.2. The second-order valence-corrected chi connectivity index (χ2v) is 15.7. The highest BCUT2D eigenvalue weighted by molar-refractivity contribution is 6.41. The van der Waals surface area contributed by atoms with E-state index < -0.39 is 50.6 Å². The summed E-state index contributed by atoms with van der Waals surface area (Å²) in [4.78, 5) is 45.3. The van der Waals surface area contributed by atoms with Crippen molar-refractivity contribution in [2.45, 2.75) is 121 Å². The quantitative estimate of drug-likeness (QED) is 0.0481. The largest absolute Gasteiger partial charge is 0.506 e. The molecular formula is C43H58O6. The van der Waals surface area contributed by atoms with Crippen molar-refractivity contribution in [1.29, 1.82) is 0 Å². The number of Topliss-reactive ketones (excluding diaryl/α,β-unsaturated/α-hetero) is 3. The van der Waals surface area contributed by atoms with Crippen LogP contribution in [0.4, 0.5) is 0 Å². The molecule has 3 rings (SSSR count).